The monoisotopic (exact) mass is 245 g/mol. The highest BCUT2D eigenvalue weighted by molar-refractivity contribution is 6.67. The Morgan fingerprint density at radius 3 is 2.25 bits per heavy atom. The first-order chi connectivity index (χ1) is 7.74. The van der Waals surface area contributed by atoms with E-state index in [0.717, 1.165) is 37.8 Å². The van der Waals surface area contributed by atoms with Crippen LogP contribution in [0.25, 0.3) is 0 Å². The van der Waals surface area contributed by atoms with Crippen LogP contribution < -0.4 is 0 Å². The fraction of sp³-hybridized carbons (Fsp3) is 0.909. The van der Waals surface area contributed by atoms with Crippen molar-refractivity contribution in [3.05, 3.63) is 0 Å². The Morgan fingerprint density at radius 1 is 1.12 bits per heavy atom. The van der Waals surface area contributed by atoms with Crippen molar-refractivity contribution in [3.8, 4) is 0 Å². The van der Waals surface area contributed by atoms with Gasteiger partial charge in [-0.15, -0.1) is 0 Å². The summed E-state index contributed by atoms with van der Waals surface area (Å²) in [6.07, 6.45) is 5.90. The van der Waals surface area contributed by atoms with Crippen molar-refractivity contribution in [1.29, 1.82) is 0 Å². The van der Waals surface area contributed by atoms with Gasteiger partial charge in [0.05, 0.1) is 6.54 Å². The van der Waals surface area contributed by atoms with Gasteiger partial charge in [-0.2, -0.15) is 0 Å². The molecule has 0 atom stereocenters. The predicted octanol–water partition coefficient (Wildman–Crippen LogP) is 2.64. The summed E-state index contributed by atoms with van der Waals surface area (Å²) in [6, 6.07) is 2.04. The highest BCUT2D eigenvalue weighted by Crippen LogP contribution is 2.20. The molecule has 0 rings (SSSR count). The Kier molecular flexibility index (Phi) is 9.43. The van der Waals surface area contributed by atoms with Crippen LogP contribution in [0.15, 0.2) is 4.99 Å². The van der Waals surface area contributed by atoms with Gasteiger partial charge < -0.3 is 8.85 Å². The third-order valence-corrected chi connectivity index (χ3v) is 6.61. The molecule has 4 nitrogen and oxygen atoms in total. The Bertz CT molecular complexity index is 205. The number of isocyanates is 1. The molecule has 0 bridgehead atoms. The van der Waals surface area contributed by atoms with Gasteiger partial charge in [-0.05, 0) is 18.5 Å². The molecule has 5 heteroatoms. The van der Waals surface area contributed by atoms with Crippen molar-refractivity contribution in [2.24, 2.45) is 4.99 Å². The van der Waals surface area contributed by atoms with E-state index in [4.69, 9.17) is 8.85 Å². The second-order valence-electron chi connectivity index (χ2n) is 3.81. The molecule has 0 amide bonds. The highest BCUT2D eigenvalue weighted by Gasteiger charge is 2.32. The number of hydrogen-bond acceptors (Lipinski definition) is 4. The van der Waals surface area contributed by atoms with E-state index in [0.29, 0.717) is 6.54 Å². The Labute approximate surface area is 99.3 Å². The van der Waals surface area contributed by atoms with Crippen LogP contribution >= 0.6 is 0 Å². The van der Waals surface area contributed by atoms with E-state index >= 15 is 0 Å². The molecule has 0 heterocycles. The molecule has 0 fully saturated rings. The van der Waals surface area contributed by atoms with Gasteiger partial charge in [0.2, 0.25) is 6.08 Å². The van der Waals surface area contributed by atoms with Crippen LogP contribution in [-0.4, -0.2) is 35.4 Å². The van der Waals surface area contributed by atoms with E-state index in [1.807, 2.05) is 0 Å². The summed E-state index contributed by atoms with van der Waals surface area (Å²) < 4.78 is 11.1. The summed E-state index contributed by atoms with van der Waals surface area (Å²) in [4.78, 5) is 13.3. The average molecular weight is 245 g/mol. The zero-order chi connectivity index (χ0) is 12.3. The molecule has 0 aromatic carbocycles. The number of aliphatic imine (C=N–C) groups is 1. The van der Waals surface area contributed by atoms with Crippen molar-refractivity contribution < 1.29 is 13.6 Å². The second-order valence-corrected chi connectivity index (χ2v) is 7.65. The van der Waals surface area contributed by atoms with E-state index < -0.39 is 8.56 Å². The van der Waals surface area contributed by atoms with Crippen molar-refractivity contribution in [1.82, 2.24) is 0 Å². The van der Waals surface area contributed by atoms with Gasteiger partial charge in [-0.1, -0.05) is 26.2 Å². The third-order valence-electron chi connectivity index (χ3n) is 2.92. The molecule has 0 aromatic heterocycles. The lowest BCUT2D eigenvalue weighted by molar-refractivity contribution is 0.241. The summed E-state index contributed by atoms with van der Waals surface area (Å²) in [7, 11) is 1.62. The maximum atomic E-state index is 9.82. The fourth-order valence-electron chi connectivity index (χ4n) is 1.74. The smallest absolute Gasteiger partial charge is 0.337 e. The normalized spacial score (nSPS) is 11.2. The minimum Gasteiger partial charge on any atom is -0.398 e. The van der Waals surface area contributed by atoms with Gasteiger partial charge in [0, 0.05) is 14.2 Å². The molecule has 0 aliphatic heterocycles. The van der Waals surface area contributed by atoms with Crippen molar-refractivity contribution in [2.75, 3.05) is 20.8 Å². The lowest BCUT2D eigenvalue weighted by Gasteiger charge is -2.25. The Balaban J connectivity index is 3.58. The lowest BCUT2D eigenvalue weighted by atomic mass is 10.2. The standard InChI is InChI=1S/C11H23NO3Si/c1-4-16(14-2,15-3)10-8-6-5-7-9-12-11-13/h4-10H2,1-3H3. The molecule has 0 saturated carbocycles. The summed E-state index contributed by atoms with van der Waals surface area (Å²) in [5.74, 6) is 0. The molecular formula is C11H23NO3Si. The average Bonchev–Trinajstić information content (AvgIpc) is 2.34. The van der Waals surface area contributed by atoms with Crippen LogP contribution in [0.1, 0.15) is 32.6 Å². The first-order valence-electron chi connectivity index (χ1n) is 5.88. The maximum absolute atomic E-state index is 9.82. The zero-order valence-corrected chi connectivity index (χ0v) is 11.6. The van der Waals surface area contributed by atoms with Crippen LogP contribution in [-0.2, 0) is 13.6 Å². The zero-order valence-electron chi connectivity index (χ0n) is 10.6. The van der Waals surface area contributed by atoms with Gasteiger partial charge in [-0.3, -0.25) is 0 Å². The van der Waals surface area contributed by atoms with Crippen LogP contribution in [0.4, 0.5) is 0 Å². The molecule has 16 heavy (non-hydrogen) atoms. The first-order valence-corrected chi connectivity index (χ1v) is 8.11. The van der Waals surface area contributed by atoms with Gasteiger partial charge in [0.15, 0.2) is 0 Å². The second kappa shape index (κ2) is 9.72. The Hall–Kier alpha value is -0.483. The molecular weight excluding hydrogens is 222 g/mol. The van der Waals surface area contributed by atoms with Gasteiger partial charge >= 0.3 is 8.56 Å². The molecule has 0 radical (unpaired) electrons. The minimum absolute atomic E-state index is 0.606. The molecule has 0 saturated heterocycles. The number of rotatable bonds is 10. The quantitative estimate of drug-likeness (QED) is 0.257. The fourth-order valence-corrected chi connectivity index (χ4v) is 4.03. The lowest BCUT2D eigenvalue weighted by Crippen LogP contribution is -2.38. The molecule has 0 aliphatic rings. The van der Waals surface area contributed by atoms with Gasteiger partial charge in [0.1, 0.15) is 0 Å². The topological polar surface area (TPSA) is 47.9 Å². The highest BCUT2D eigenvalue weighted by atomic mass is 28.4. The van der Waals surface area contributed by atoms with Crippen LogP contribution in [0.2, 0.25) is 12.1 Å². The Morgan fingerprint density at radius 2 is 1.75 bits per heavy atom. The number of carbonyl (C=O) groups excluding carboxylic acids is 1. The maximum Gasteiger partial charge on any atom is 0.337 e. The third kappa shape index (κ3) is 6.18. The summed E-state index contributed by atoms with van der Waals surface area (Å²) in [5.41, 5.74) is 0. The van der Waals surface area contributed by atoms with E-state index in [-0.39, 0.29) is 0 Å². The first kappa shape index (κ1) is 15.5. The van der Waals surface area contributed by atoms with Crippen LogP contribution in [0.5, 0.6) is 0 Å². The molecule has 0 unspecified atom stereocenters. The van der Waals surface area contributed by atoms with Crippen LogP contribution in [0.3, 0.4) is 0 Å². The number of nitrogens with zero attached hydrogens (tertiary/aromatic N) is 1. The molecule has 0 aromatic rings. The predicted molar refractivity (Wildman–Crippen MR) is 66.5 cm³/mol. The summed E-state index contributed by atoms with van der Waals surface area (Å²) in [5, 5.41) is 0. The SMILES string of the molecule is CC[Si](CCCCCCN=C=O)(OC)OC. The molecule has 0 spiro atoms. The van der Waals surface area contributed by atoms with E-state index in [9.17, 15) is 4.79 Å². The van der Waals surface area contributed by atoms with Crippen molar-refractivity contribution >= 4 is 14.6 Å². The minimum atomic E-state index is -1.88. The largest absolute Gasteiger partial charge is 0.398 e. The van der Waals surface area contributed by atoms with Gasteiger partial charge in [0.25, 0.3) is 0 Å². The molecule has 0 aliphatic carbocycles. The summed E-state index contributed by atoms with van der Waals surface area (Å²) >= 11 is 0. The van der Waals surface area contributed by atoms with Crippen molar-refractivity contribution in [2.45, 2.75) is 44.7 Å². The molecule has 94 valence electrons. The summed E-state index contributed by atoms with van der Waals surface area (Å²) in [6.45, 7) is 2.73. The van der Waals surface area contributed by atoms with Crippen molar-refractivity contribution in [3.63, 3.8) is 0 Å². The van der Waals surface area contributed by atoms with E-state index in [2.05, 4.69) is 11.9 Å². The van der Waals surface area contributed by atoms with Gasteiger partial charge in [-0.25, -0.2) is 9.79 Å². The number of unbranched alkanes of at least 4 members (excludes halogenated alkanes) is 3. The molecule has 0 N–H and O–H groups in total. The van der Waals surface area contributed by atoms with E-state index in [1.165, 1.54) is 0 Å². The van der Waals surface area contributed by atoms with E-state index in [1.54, 1.807) is 20.3 Å². The van der Waals surface area contributed by atoms with Crippen LogP contribution in [0, 0.1) is 0 Å². The number of hydrogen-bond donors (Lipinski definition) is 0.